The molecule has 1 unspecified atom stereocenters. The standard InChI is InChI=1S/C13H17BrN4/c1-9(7-14)10-6-11-12(16-8-15-11)13(17-10)18-4-2-3-5-18/h6,8-9H,2-5,7H2,1H3,(H,15,16). The third-order valence-corrected chi connectivity index (χ3v) is 4.52. The second-order valence-electron chi connectivity index (χ2n) is 4.92. The summed E-state index contributed by atoms with van der Waals surface area (Å²) in [6.07, 6.45) is 4.27. The molecule has 1 aliphatic heterocycles. The Labute approximate surface area is 115 Å². The van der Waals surface area contributed by atoms with Crippen molar-refractivity contribution in [2.24, 2.45) is 0 Å². The van der Waals surface area contributed by atoms with Crippen LogP contribution in [0.3, 0.4) is 0 Å². The van der Waals surface area contributed by atoms with Gasteiger partial charge in [-0.1, -0.05) is 22.9 Å². The molecule has 3 rings (SSSR count). The second kappa shape index (κ2) is 4.88. The Bertz CT molecular complexity index is 545. The van der Waals surface area contributed by atoms with Gasteiger partial charge in [-0.05, 0) is 18.9 Å². The normalized spacial score (nSPS) is 17.6. The summed E-state index contributed by atoms with van der Waals surface area (Å²) in [4.78, 5) is 14.8. The van der Waals surface area contributed by atoms with Gasteiger partial charge in [0.05, 0.1) is 11.8 Å². The van der Waals surface area contributed by atoms with Gasteiger partial charge in [-0.2, -0.15) is 0 Å². The van der Waals surface area contributed by atoms with Crippen LogP contribution < -0.4 is 4.90 Å². The van der Waals surface area contributed by atoms with Gasteiger partial charge in [0.1, 0.15) is 5.52 Å². The van der Waals surface area contributed by atoms with Crippen LogP contribution in [0.2, 0.25) is 0 Å². The molecule has 0 bridgehead atoms. The number of nitrogens with one attached hydrogen (secondary N) is 1. The number of rotatable bonds is 3. The zero-order valence-corrected chi connectivity index (χ0v) is 12.1. The fraction of sp³-hybridized carbons (Fsp3) is 0.538. The maximum Gasteiger partial charge on any atom is 0.157 e. The van der Waals surface area contributed by atoms with E-state index >= 15 is 0 Å². The van der Waals surface area contributed by atoms with E-state index in [9.17, 15) is 0 Å². The zero-order chi connectivity index (χ0) is 12.5. The number of aromatic nitrogens is 3. The van der Waals surface area contributed by atoms with E-state index in [1.165, 1.54) is 12.8 Å². The highest BCUT2D eigenvalue weighted by molar-refractivity contribution is 9.09. The van der Waals surface area contributed by atoms with Gasteiger partial charge in [-0.25, -0.2) is 9.97 Å². The predicted octanol–water partition coefficient (Wildman–Crippen LogP) is 3.06. The summed E-state index contributed by atoms with van der Waals surface area (Å²) in [5.41, 5.74) is 3.22. The number of halogens is 1. The number of anilines is 1. The lowest BCUT2D eigenvalue weighted by Crippen LogP contribution is -2.20. The van der Waals surface area contributed by atoms with E-state index in [0.29, 0.717) is 5.92 Å². The van der Waals surface area contributed by atoms with Crippen LogP contribution in [-0.4, -0.2) is 33.4 Å². The minimum absolute atomic E-state index is 0.416. The molecular formula is C13H17BrN4. The first-order chi connectivity index (χ1) is 8.79. The molecule has 1 aliphatic rings. The molecule has 1 N–H and O–H groups in total. The van der Waals surface area contributed by atoms with Crippen molar-refractivity contribution in [1.82, 2.24) is 15.0 Å². The van der Waals surface area contributed by atoms with Crippen LogP contribution in [-0.2, 0) is 0 Å². The van der Waals surface area contributed by atoms with Crippen molar-refractivity contribution in [1.29, 1.82) is 0 Å². The summed E-state index contributed by atoms with van der Waals surface area (Å²) in [5, 5.41) is 0.930. The lowest BCUT2D eigenvalue weighted by molar-refractivity contribution is 0.830. The number of pyridine rings is 1. The van der Waals surface area contributed by atoms with Crippen molar-refractivity contribution >= 4 is 32.8 Å². The summed E-state index contributed by atoms with van der Waals surface area (Å²) in [7, 11) is 0. The molecule has 1 fully saturated rings. The van der Waals surface area contributed by atoms with Crippen LogP contribution in [0.5, 0.6) is 0 Å². The van der Waals surface area contributed by atoms with E-state index in [4.69, 9.17) is 4.98 Å². The molecule has 96 valence electrons. The SMILES string of the molecule is CC(CBr)c1cc2[nH]cnc2c(N2CCCC2)n1. The summed E-state index contributed by atoms with van der Waals surface area (Å²) in [6, 6.07) is 2.12. The number of hydrogen-bond acceptors (Lipinski definition) is 3. The molecule has 1 saturated heterocycles. The van der Waals surface area contributed by atoms with Crippen molar-refractivity contribution < 1.29 is 0 Å². The average Bonchev–Trinajstić information content (AvgIpc) is 3.06. The van der Waals surface area contributed by atoms with Crippen molar-refractivity contribution in [3.63, 3.8) is 0 Å². The fourth-order valence-corrected chi connectivity index (χ4v) is 2.76. The average molecular weight is 309 g/mol. The van der Waals surface area contributed by atoms with Crippen LogP contribution in [0.1, 0.15) is 31.4 Å². The number of alkyl halides is 1. The maximum absolute atomic E-state index is 4.84. The Balaban J connectivity index is 2.11. The Hall–Kier alpha value is -1.10. The fourth-order valence-electron chi connectivity index (χ4n) is 2.43. The minimum atomic E-state index is 0.416. The van der Waals surface area contributed by atoms with E-state index in [1.807, 2.05) is 0 Å². The highest BCUT2D eigenvalue weighted by Crippen LogP contribution is 2.28. The number of nitrogens with zero attached hydrogens (tertiary/aromatic N) is 3. The molecule has 0 saturated carbocycles. The van der Waals surface area contributed by atoms with Crippen molar-refractivity contribution in [2.75, 3.05) is 23.3 Å². The Morgan fingerprint density at radius 2 is 2.22 bits per heavy atom. The molecule has 0 aromatic carbocycles. The Morgan fingerprint density at radius 3 is 2.94 bits per heavy atom. The van der Waals surface area contributed by atoms with Gasteiger partial charge < -0.3 is 9.88 Å². The first kappa shape index (κ1) is 12.0. The first-order valence-corrected chi connectivity index (χ1v) is 7.56. The highest BCUT2D eigenvalue weighted by atomic mass is 79.9. The molecule has 18 heavy (non-hydrogen) atoms. The van der Waals surface area contributed by atoms with E-state index in [1.54, 1.807) is 6.33 Å². The lowest BCUT2D eigenvalue weighted by atomic mass is 10.1. The zero-order valence-electron chi connectivity index (χ0n) is 10.5. The molecule has 3 heterocycles. The van der Waals surface area contributed by atoms with Gasteiger partial charge in [0.15, 0.2) is 5.82 Å². The molecule has 5 heteroatoms. The predicted molar refractivity (Wildman–Crippen MR) is 77.5 cm³/mol. The molecule has 0 radical (unpaired) electrons. The highest BCUT2D eigenvalue weighted by Gasteiger charge is 2.20. The summed E-state index contributed by atoms with van der Waals surface area (Å²) >= 11 is 3.53. The minimum Gasteiger partial charge on any atom is -0.355 e. The van der Waals surface area contributed by atoms with E-state index < -0.39 is 0 Å². The quantitative estimate of drug-likeness (QED) is 0.886. The Kier molecular flexibility index (Phi) is 3.24. The molecule has 4 nitrogen and oxygen atoms in total. The number of fused-ring (bicyclic) bond motifs is 1. The number of imidazole rings is 1. The van der Waals surface area contributed by atoms with Crippen LogP contribution in [0.25, 0.3) is 11.0 Å². The maximum atomic E-state index is 4.84. The van der Waals surface area contributed by atoms with Gasteiger partial charge in [0.25, 0.3) is 0 Å². The molecule has 2 aromatic rings. The molecule has 0 aliphatic carbocycles. The van der Waals surface area contributed by atoms with Crippen LogP contribution in [0.4, 0.5) is 5.82 Å². The van der Waals surface area contributed by atoms with E-state index in [-0.39, 0.29) is 0 Å². The van der Waals surface area contributed by atoms with E-state index in [2.05, 4.69) is 43.8 Å². The Morgan fingerprint density at radius 1 is 1.44 bits per heavy atom. The smallest absolute Gasteiger partial charge is 0.157 e. The van der Waals surface area contributed by atoms with Gasteiger partial charge in [0.2, 0.25) is 0 Å². The number of H-pyrrole nitrogens is 1. The number of aromatic amines is 1. The lowest BCUT2D eigenvalue weighted by Gasteiger charge is -2.19. The van der Waals surface area contributed by atoms with Gasteiger partial charge in [-0.3, -0.25) is 0 Å². The van der Waals surface area contributed by atoms with E-state index in [0.717, 1.165) is 41.0 Å². The molecule has 0 amide bonds. The van der Waals surface area contributed by atoms with Crippen LogP contribution in [0.15, 0.2) is 12.4 Å². The van der Waals surface area contributed by atoms with Gasteiger partial charge in [-0.15, -0.1) is 0 Å². The van der Waals surface area contributed by atoms with Crippen LogP contribution >= 0.6 is 15.9 Å². The summed E-state index contributed by atoms with van der Waals surface area (Å²) < 4.78 is 0. The molecule has 1 atom stereocenters. The second-order valence-corrected chi connectivity index (χ2v) is 5.57. The third kappa shape index (κ3) is 2.00. The third-order valence-electron chi connectivity index (χ3n) is 3.55. The van der Waals surface area contributed by atoms with Crippen molar-refractivity contribution in [3.05, 3.63) is 18.1 Å². The largest absolute Gasteiger partial charge is 0.355 e. The van der Waals surface area contributed by atoms with Crippen LogP contribution in [0, 0.1) is 0 Å². The summed E-state index contributed by atoms with van der Waals surface area (Å²) in [5.74, 6) is 1.47. The molecule has 2 aromatic heterocycles. The first-order valence-electron chi connectivity index (χ1n) is 6.44. The van der Waals surface area contributed by atoms with Crippen molar-refractivity contribution in [3.8, 4) is 0 Å². The summed E-state index contributed by atoms with van der Waals surface area (Å²) in [6.45, 7) is 4.38. The number of hydrogen-bond donors (Lipinski definition) is 1. The van der Waals surface area contributed by atoms with Gasteiger partial charge >= 0.3 is 0 Å². The van der Waals surface area contributed by atoms with Crippen molar-refractivity contribution in [2.45, 2.75) is 25.7 Å². The molecule has 0 spiro atoms. The van der Waals surface area contributed by atoms with Gasteiger partial charge in [0, 0.05) is 30.0 Å². The topological polar surface area (TPSA) is 44.8 Å². The monoisotopic (exact) mass is 308 g/mol. The molecular weight excluding hydrogens is 292 g/mol.